The molecular weight excluding hydrogens is 198 g/mol. The minimum atomic E-state index is 0.614. The molecule has 0 unspecified atom stereocenters. The lowest BCUT2D eigenvalue weighted by molar-refractivity contribution is 0.185. The Morgan fingerprint density at radius 3 is 3.00 bits per heavy atom. The van der Waals surface area contributed by atoms with E-state index >= 15 is 0 Å². The van der Waals surface area contributed by atoms with E-state index in [0.29, 0.717) is 11.6 Å². The Balaban J connectivity index is 2.56. The van der Waals surface area contributed by atoms with Gasteiger partial charge in [-0.3, -0.25) is 4.98 Å². The van der Waals surface area contributed by atoms with Gasteiger partial charge < -0.3 is 4.74 Å². The Kier molecular flexibility index (Phi) is 2.66. The van der Waals surface area contributed by atoms with E-state index in [0.717, 1.165) is 16.3 Å². The molecule has 14 heavy (non-hydrogen) atoms. The van der Waals surface area contributed by atoms with Crippen molar-refractivity contribution in [1.82, 2.24) is 4.98 Å². The lowest BCUT2D eigenvalue weighted by Gasteiger charge is -2.03. The number of methoxy groups -OCH3 is 1. The number of hydrogen-bond acceptors (Lipinski definition) is 2. The van der Waals surface area contributed by atoms with E-state index in [9.17, 15) is 0 Å². The van der Waals surface area contributed by atoms with Crippen LogP contribution in [-0.2, 0) is 11.3 Å². The van der Waals surface area contributed by atoms with Crippen LogP contribution in [0.4, 0.5) is 0 Å². The van der Waals surface area contributed by atoms with Gasteiger partial charge in [-0.05, 0) is 11.6 Å². The number of pyridine rings is 1. The SMILES string of the molecule is COCc1ccc2c(Cl)cncc2c1. The lowest BCUT2D eigenvalue weighted by atomic mass is 10.1. The van der Waals surface area contributed by atoms with E-state index in [1.54, 1.807) is 19.5 Å². The number of rotatable bonds is 2. The minimum absolute atomic E-state index is 0.614. The molecule has 2 aromatic rings. The van der Waals surface area contributed by atoms with Crippen LogP contribution >= 0.6 is 11.6 Å². The van der Waals surface area contributed by atoms with Crippen molar-refractivity contribution in [3.8, 4) is 0 Å². The maximum atomic E-state index is 5.99. The summed E-state index contributed by atoms with van der Waals surface area (Å²) in [5.41, 5.74) is 1.13. The summed E-state index contributed by atoms with van der Waals surface area (Å²) >= 11 is 5.99. The lowest BCUT2D eigenvalue weighted by Crippen LogP contribution is -1.87. The molecule has 0 N–H and O–H groups in total. The molecule has 0 saturated carbocycles. The molecule has 1 aromatic carbocycles. The third-order valence-electron chi connectivity index (χ3n) is 2.09. The smallest absolute Gasteiger partial charge is 0.0713 e. The summed E-state index contributed by atoms with van der Waals surface area (Å²) in [4.78, 5) is 4.04. The zero-order valence-corrected chi connectivity index (χ0v) is 8.58. The van der Waals surface area contributed by atoms with Crippen molar-refractivity contribution in [2.45, 2.75) is 6.61 Å². The quantitative estimate of drug-likeness (QED) is 0.755. The van der Waals surface area contributed by atoms with Crippen molar-refractivity contribution >= 4 is 22.4 Å². The molecule has 72 valence electrons. The zero-order valence-electron chi connectivity index (χ0n) is 7.83. The average Bonchev–Trinajstić information content (AvgIpc) is 2.18. The van der Waals surface area contributed by atoms with Crippen LogP contribution in [0.5, 0.6) is 0 Å². The number of nitrogens with zero attached hydrogens (tertiary/aromatic N) is 1. The molecule has 0 spiro atoms. The third kappa shape index (κ3) is 1.72. The van der Waals surface area contributed by atoms with Gasteiger partial charge in [-0.15, -0.1) is 0 Å². The van der Waals surface area contributed by atoms with Gasteiger partial charge in [0.25, 0.3) is 0 Å². The average molecular weight is 208 g/mol. The highest BCUT2D eigenvalue weighted by Gasteiger charge is 2.00. The number of aromatic nitrogens is 1. The molecule has 0 aliphatic heterocycles. The van der Waals surface area contributed by atoms with Gasteiger partial charge in [0.2, 0.25) is 0 Å². The Labute approximate surface area is 87.5 Å². The fourth-order valence-corrected chi connectivity index (χ4v) is 1.67. The molecule has 0 radical (unpaired) electrons. The van der Waals surface area contributed by atoms with Crippen molar-refractivity contribution in [3.63, 3.8) is 0 Å². The normalized spacial score (nSPS) is 10.7. The number of fused-ring (bicyclic) bond motifs is 1. The molecule has 2 nitrogen and oxygen atoms in total. The van der Waals surface area contributed by atoms with Gasteiger partial charge >= 0.3 is 0 Å². The number of benzene rings is 1. The van der Waals surface area contributed by atoms with Crippen LogP contribution in [0.15, 0.2) is 30.6 Å². The maximum Gasteiger partial charge on any atom is 0.0713 e. The number of hydrogen-bond donors (Lipinski definition) is 0. The summed E-state index contributed by atoms with van der Waals surface area (Å²) in [7, 11) is 1.68. The van der Waals surface area contributed by atoms with Crippen molar-refractivity contribution in [2.75, 3.05) is 7.11 Å². The topological polar surface area (TPSA) is 22.1 Å². The second kappa shape index (κ2) is 3.95. The van der Waals surface area contributed by atoms with E-state index in [1.165, 1.54) is 0 Å². The molecule has 0 atom stereocenters. The van der Waals surface area contributed by atoms with Gasteiger partial charge in [-0.25, -0.2) is 0 Å². The molecule has 0 saturated heterocycles. The molecule has 0 bridgehead atoms. The predicted molar refractivity (Wildman–Crippen MR) is 57.5 cm³/mol. The highest BCUT2D eigenvalue weighted by atomic mass is 35.5. The molecule has 3 heteroatoms. The first-order valence-corrected chi connectivity index (χ1v) is 4.70. The van der Waals surface area contributed by atoms with Crippen LogP contribution in [0.25, 0.3) is 10.8 Å². The van der Waals surface area contributed by atoms with Crippen molar-refractivity contribution < 1.29 is 4.74 Å². The Bertz CT molecular complexity index is 456. The molecule has 1 heterocycles. The highest BCUT2D eigenvalue weighted by Crippen LogP contribution is 2.22. The molecule has 2 rings (SSSR count). The van der Waals surface area contributed by atoms with Crippen molar-refractivity contribution in [3.05, 3.63) is 41.2 Å². The molecule has 0 fully saturated rings. The van der Waals surface area contributed by atoms with Gasteiger partial charge in [0, 0.05) is 30.3 Å². The first-order valence-electron chi connectivity index (χ1n) is 4.32. The summed E-state index contributed by atoms with van der Waals surface area (Å²) in [6, 6.07) is 6.04. The van der Waals surface area contributed by atoms with Crippen LogP contribution in [0.3, 0.4) is 0 Å². The largest absolute Gasteiger partial charge is 0.380 e. The maximum absolute atomic E-state index is 5.99. The van der Waals surface area contributed by atoms with Crippen LogP contribution in [0.2, 0.25) is 5.02 Å². The van der Waals surface area contributed by atoms with Crippen LogP contribution in [0.1, 0.15) is 5.56 Å². The molecule has 0 amide bonds. The number of ether oxygens (including phenoxy) is 1. The van der Waals surface area contributed by atoms with E-state index in [4.69, 9.17) is 16.3 Å². The fourth-order valence-electron chi connectivity index (χ4n) is 1.45. The second-order valence-corrected chi connectivity index (χ2v) is 3.52. The third-order valence-corrected chi connectivity index (χ3v) is 2.39. The van der Waals surface area contributed by atoms with Gasteiger partial charge in [0.05, 0.1) is 11.6 Å². The summed E-state index contributed by atoms with van der Waals surface area (Å²) < 4.78 is 5.05. The summed E-state index contributed by atoms with van der Waals surface area (Å²) in [5, 5.41) is 2.76. The molecule has 1 aromatic heterocycles. The van der Waals surface area contributed by atoms with Crippen molar-refractivity contribution in [1.29, 1.82) is 0 Å². The minimum Gasteiger partial charge on any atom is -0.380 e. The van der Waals surface area contributed by atoms with E-state index < -0.39 is 0 Å². The van der Waals surface area contributed by atoms with Crippen LogP contribution in [-0.4, -0.2) is 12.1 Å². The van der Waals surface area contributed by atoms with Gasteiger partial charge in [0.1, 0.15) is 0 Å². The van der Waals surface area contributed by atoms with Crippen LogP contribution < -0.4 is 0 Å². The van der Waals surface area contributed by atoms with Crippen LogP contribution in [0, 0.1) is 0 Å². The molecule has 0 aliphatic carbocycles. The molecule has 0 aliphatic rings. The Morgan fingerprint density at radius 1 is 1.36 bits per heavy atom. The first-order chi connectivity index (χ1) is 6.81. The first kappa shape index (κ1) is 9.44. The summed E-state index contributed by atoms with van der Waals surface area (Å²) in [5.74, 6) is 0. The second-order valence-electron chi connectivity index (χ2n) is 3.11. The number of halogens is 1. The predicted octanol–water partition coefficient (Wildman–Crippen LogP) is 3.03. The van der Waals surface area contributed by atoms with Gasteiger partial charge in [-0.2, -0.15) is 0 Å². The zero-order chi connectivity index (χ0) is 9.97. The monoisotopic (exact) mass is 207 g/mol. The summed E-state index contributed by atoms with van der Waals surface area (Å²) in [6.45, 7) is 0.614. The highest BCUT2D eigenvalue weighted by molar-refractivity contribution is 6.35. The summed E-state index contributed by atoms with van der Waals surface area (Å²) in [6.07, 6.45) is 3.46. The van der Waals surface area contributed by atoms with E-state index in [1.807, 2.05) is 18.2 Å². The molecular formula is C11H10ClNO. The standard InChI is InChI=1S/C11H10ClNO/c1-14-7-8-2-3-10-9(4-8)5-13-6-11(10)12/h2-6H,7H2,1H3. The van der Waals surface area contributed by atoms with Crippen molar-refractivity contribution in [2.24, 2.45) is 0 Å². The van der Waals surface area contributed by atoms with E-state index in [-0.39, 0.29) is 0 Å². The van der Waals surface area contributed by atoms with Gasteiger partial charge in [-0.1, -0.05) is 23.7 Å². The fraction of sp³-hybridized carbons (Fsp3) is 0.182. The Morgan fingerprint density at radius 2 is 2.21 bits per heavy atom. The van der Waals surface area contributed by atoms with E-state index in [2.05, 4.69) is 4.98 Å². The van der Waals surface area contributed by atoms with Gasteiger partial charge in [0.15, 0.2) is 0 Å². The Hall–Kier alpha value is -1.12.